The number of fused-ring (bicyclic) bond motifs is 1. The average Bonchev–Trinajstić information content (AvgIpc) is 3.15. The van der Waals surface area contributed by atoms with Gasteiger partial charge in [0.1, 0.15) is 0 Å². The van der Waals surface area contributed by atoms with Gasteiger partial charge < -0.3 is 9.52 Å². The second kappa shape index (κ2) is 4.80. The van der Waals surface area contributed by atoms with Crippen molar-refractivity contribution >= 4 is 22.7 Å². The minimum atomic E-state index is -5.07. The number of aromatic amines is 1. The number of aliphatic hydroxyl groups is 1. The van der Waals surface area contributed by atoms with Crippen LogP contribution in [-0.2, 0) is 5.60 Å². The molecule has 22 heavy (non-hydrogen) atoms. The van der Waals surface area contributed by atoms with Crippen molar-refractivity contribution < 1.29 is 22.7 Å². The molecular formula is C14H9ClF3NO3. The Balaban J connectivity index is 2.28. The molecule has 1 fully saturated rings. The Morgan fingerprint density at radius 2 is 2.05 bits per heavy atom. The summed E-state index contributed by atoms with van der Waals surface area (Å²) < 4.78 is 44.9. The topological polar surface area (TPSA) is 66.2 Å². The highest BCUT2D eigenvalue weighted by atomic mass is 35.5. The molecule has 1 atom stereocenters. The molecule has 8 heteroatoms. The lowest BCUT2D eigenvalue weighted by atomic mass is 9.92. The Kier molecular flexibility index (Phi) is 3.27. The molecule has 4 nitrogen and oxygen atoms in total. The highest BCUT2D eigenvalue weighted by Gasteiger charge is 2.55. The number of halogens is 4. The predicted octanol–water partition coefficient (Wildman–Crippen LogP) is 2.94. The SMILES string of the molecule is O=c1[nH]c2c(C(O)(C#CC3CC3)C(F)(F)F)cc(Cl)cc2o1. The van der Waals surface area contributed by atoms with Crippen molar-refractivity contribution in [1.82, 2.24) is 4.98 Å². The van der Waals surface area contributed by atoms with Crippen molar-refractivity contribution in [2.75, 3.05) is 0 Å². The van der Waals surface area contributed by atoms with Crippen molar-refractivity contribution in [3.63, 3.8) is 0 Å². The monoisotopic (exact) mass is 331 g/mol. The zero-order valence-corrected chi connectivity index (χ0v) is 11.7. The van der Waals surface area contributed by atoms with Crippen molar-refractivity contribution in [2.45, 2.75) is 24.6 Å². The molecule has 1 aromatic heterocycles. The van der Waals surface area contributed by atoms with Gasteiger partial charge in [0.25, 0.3) is 0 Å². The standard InChI is InChI=1S/C14H9ClF3NO3/c15-8-5-9(11-10(6-8)22-12(20)19-11)13(21,14(16,17)18)4-3-7-1-2-7/h5-7,21H,1-2H2,(H,19,20). The van der Waals surface area contributed by atoms with Gasteiger partial charge in [0.2, 0.25) is 5.60 Å². The van der Waals surface area contributed by atoms with E-state index in [1.54, 1.807) is 0 Å². The van der Waals surface area contributed by atoms with Gasteiger partial charge in [0, 0.05) is 22.6 Å². The molecule has 1 unspecified atom stereocenters. The molecule has 2 N–H and O–H groups in total. The molecule has 0 bridgehead atoms. The first kappa shape index (κ1) is 15.0. The lowest BCUT2D eigenvalue weighted by Gasteiger charge is -2.26. The van der Waals surface area contributed by atoms with Crippen LogP contribution >= 0.6 is 11.6 Å². The van der Waals surface area contributed by atoms with Gasteiger partial charge in [0.15, 0.2) is 5.58 Å². The number of oxazole rings is 1. The van der Waals surface area contributed by atoms with Crippen LogP contribution in [0.5, 0.6) is 0 Å². The first-order valence-corrected chi connectivity index (χ1v) is 6.73. The molecule has 1 aliphatic rings. The summed E-state index contributed by atoms with van der Waals surface area (Å²) in [6.07, 6.45) is -3.66. The van der Waals surface area contributed by atoms with Crippen molar-refractivity contribution in [2.24, 2.45) is 5.92 Å². The van der Waals surface area contributed by atoms with E-state index in [1.807, 2.05) is 5.92 Å². The fraction of sp³-hybridized carbons (Fsp3) is 0.357. The van der Waals surface area contributed by atoms with Crippen LogP contribution in [0.1, 0.15) is 18.4 Å². The highest BCUT2D eigenvalue weighted by molar-refractivity contribution is 6.31. The van der Waals surface area contributed by atoms with Crippen molar-refractivity contribution in [1.29, 1.82) is 0 Å². The fourth-order valence-corrected chi connectivity index (χ4v) is 2.24. The number of nitrogens with one attached hydrogen (secondary N) is 1. The first-order chi connectivity index (χ1) is 10.2. The summed E-state index contributed by atoms with van der Waals surface area (Å²) >= 11 is 5.76. The molecule has 3 rings (SSSR count). The van der Waals surface area contributed by atoms with Crippen LogP contribution in [0.4, 0.5) is 13.2 Å². The largest absolute Gasteiger partial charge is 0.433 e. The maximum absolute atomic E-state index is 13.4. The van der Waals surface area contributed by atoms with Crippen LogP contribution in [-0.4, -0.2) is 16.3 Å². The third kappa shape index (κ3) is 2.49. The highest BCUT2D eigenvalue weighted by Crippen LogP contribution is 2.42. The maximum atomic E-state index is 13.4. The summed E-state index contributed by atoms with van der Waals surface area (Å²) in [5, 5.41) is 10.1. The smallest absolute Gasteiger partial charge is 0.408 e. The minimum Gasteiger partial charge on any atom is -0.408 e. The predicted molar refractivity (Wildman–Crippen MR) is 72.3 cm³/mol. The first-order valence-electron chi connectivity index (χ1n) is 6.35. The van der Waals surface area contributed by atoms with E-state index in [0.29, 0.717) is 12.8 Å². The van der Waals surface area contributed by atoms with E-state index >= 15 is 0 Å². The zero-order valence-electron chi connectivity index (χ0n) is 10.9. The normalized spacial score (nSPS) is 17.9. The van der Waals surface area contributed by atoms with Gasteiger partial charge in [-0.2, -0.15) is 13.2 Å². The maximum Gasteiger partial charge on any atom is 0.433 e. The van der Waals surface area contributed by atoms with Gasteiger partial charge >= 0.3 is 11.9 Å². The molecule has 1 saturated carbocycles. The second-order valence-electron chi connectivity index (χ2n) is 5.09. The molecular weight excluding hydrogens is 323 g/mol. The molecule has 1 aliphatic carbocycles. The van der Waals surface area contributed by atoms with Gasteiger partial charge in [-0.15, -0.1) is 0 Å². The molecule has 1 heterocycles. The Hall–Kier alpha value is -1.91. The quantitative estimate of drug-likeness (QED) is 0.790. The van der Waals surface area contributed by atoms with Gasteiger partial charge in [-0.05, 0) is 18.9 Å². The molecule has 1 aromatic carbocycles. The molecule has 0 radical (unpaired) electrons. The van der Waals surface area contributed by atoms with Gasteiger partial charge in [-0.25, -0.2) is 4.79 Å². The number of benzene rings is 1. The lowest BCUT2D eigenvalue weighted by molar-refractivity contribution is -0.240. The number of aromatic nitrogens is 1. The number of hydrogen-bond donors (Lipinski definition) is 2. The van der Waals surface area contributed by atoms with E-state index in [2.05, 4.69) is 10.9 Å². The van der Waals surface area contributed by atoms with Crippen LogP contribution in [0.3, 0.4) is 0 Å². The molecule has 0 aliphatic heterocycles. The molecule has 0 saturated heterocycles. The van der Waals surface area contributed by atoms with Gasteiger partial charge in [0.05, 0.1) is 5.52 Å². The van der Waals surface area contributed by atoms with E-state index < -0.39 is 23.1 Å². The summed E-state index contributed by atoms with van der Waals surface area (Å²) in [4.78, 5) is 13.4. The van der Waals surface area contributed by atoms with E-state index in [9.17, 15) is 23.1 Å². The minimum absolute atomic E-state index is 0.110. The zero-order chi connectivity index (χ0) is 16.1. The van der Waals surface area contributed by atoms with Crippen LogP contribution in [0, 0.1) is 17.8 Å². The van der Waals surface area contributed by atoms with Gasteiger partial charge in [-0.1, -0.05) is 23.4 Å². The van der Waals surface area contributed by atoms with Crippen LogP contribution in [0.2, 0.25) is 5.02 Å². The summed E-state index contributed by atoms with van der Waals surface area (Å²) in [6, 6.07) is 2.10. The lowest BCUT2D eigenvalue weighted by Crippen LogP contribution is -2.41. The van der Waals surface area contributed by atoms with Crippen molar-refractivity contribution in [3.8, 4) is 11.8 Å². The Labute approximate surface area is 126 Å². The van der Waals surface area contributed by atoms with Crippen LogP contribution in [0.15, 0.2) is 21.3 Å². The van der Waals surface area contributed by atoms with Gasteiger partial charge in [-0.3, -0.25) is 4.98 Å². The number of alkyl halides is 3. The fourth-order valence-electron chi connectivity index (χ4n) is 2.03. The average molecular weight is 332 g/mol. The van der Waals surface area contributed by atoms with E-state index in [0.717, 1.165) is 6.07 Å². The van der Waals surface area contributed by atoms with E-state index in [1.165, 1.54) is 6.07 Å². The Morgan fingerprint density at radius 1 is 1.36 bits per heavy atom. The number of H-pyrrole nitrogens is 1. The summed E-state index contributed by atoms with van der Waals surface area (Å²) in [5.41, 5.74) is -4.55. The molecule has 0 amide bonds. The Bertz CT molecular complexity index is 854. The van der Waals surface area contributed by atoms with E-state index in [4.69, 9.17) is 16.0 Å². The second-order valence-corrected chi connectivity index (χ2v) is 5.53. The number of rotatable bonds is 1. The van der Waals surface area contributed by atoms with Crippen molar-refractivity contribution in [3.05, 3.63) is 33.3 Å². The van der Waals surface area contributed by atoms with Crippen LogP contribution in [0.25, 0.3) is 11.1 Å². The summed E-state index contributed by atoms with van der Waals surface area (Å²) in [6.45, 7) is 0. The molecule has 2 aromatic rings. The Morgan fingerprint density at radius 3 is 2.64 bits per heavy atom. The third-order valence-corrected chi connectivity index (χ3v) is 3.55. The third-order valence-electron chi connectivity index (χ3n) is 3.33. The molecule has 0 spiro atoms. The van der Waals surface area contributed by atoms with Crippen LogP contribution < -0.4 is 5.76 Å². The summed E-state index contributed by atoms with van der Waals surface area (Å²) in [7, 11) is 0. The molecule has 116 valence electrons. The van der Waals surface area contributed by atoms with E-state index in [-0.39, 0.29) is 22.0 Å². The summed E-state index contributed by atoms with van der Waals surface area (Å²) in [5.74, 6) is 3.22. The number of hydrogen-bond acceptors (Lipinski definition) is 3.